The maximum absolute atomic E-state index is 9.33. The molecule has 0 saturated heterocycles. The van der Waals surface area contributed by atoms with Crippen molar-refractivity contribution >= 4 is 0 Å². The van der Waals surface area contributed by atoms with E-state index >= 15 is 0 Å². The average Bonchev–Trinajstić information content (AvgIpc) is 3.18. The van der Waals surface area contributed by atoms with Crippen LogP contribution in [0, 0.1) is 153 Å². The summed E-state index contributed by atoms with van der Waals surface area (Å²) in [7, 11) is 0. The maximum atomic E-state index is 9.33. The van der Waals surface area contributed by atoms with Crippen LogP contribution in [0.15, 0.2) is 146 Å². The summed E-state index contributed by atoms with van der Waals surface area (Å²) in [5.74, 6) is 0. The van der Waals surface area contributed by atoms with E-state index in [1.165, 1.54) is 0 Å². The van der Waals surface area contributed by atoms with Gasteiger partial charge in [0, 0.05) is 186 Å². The van der Waals surface area contributed by atoms with Gasteiger partial charge in [0.1, 0.15) is 0 Å². The van der Waals surface area contributed by atoms with Crippen LogP contribution in [0.5, 0.6) is 0 Å². The maximum Gasteiger partial charge on any atom is 0.179 e. The van der Waals surface area contributed by atoms with Crippen molar-refractivity contribution in [2.24, 2.45) is 0 Å². The Hall–Kier alpha value is -0.389. The first-order valence-corrected chi connectivity index (χ1v) is 16.5. The zero-order chi connectivity index (χ0) is 39.4. The van der Waals surface area contributed by atoms with Gasteiger partial charge in [-0.3, -0.25) is 0 Å². The van der Waals surface area contributed by atoms with Gasteiger partial charge < -0.3 is 105 Å². The predicted octanol–water partition coefficient (Wildman–Crippen LogP) is -2.83. The fourth-order valence-corrected chi connectivity index (χ4v) is 5.80. The minimum absolute atomic E-state index is 0. The molecule has 0 aliphatic rings. The van der Waals surface area contributed by atoms with Gasteiger partial charge in [-0.05, 0) is 33.4 Å². The molecule has 0 fully saturated rings. The third kappa shape index (κ3) is 24.2. The van der Waals surface area contributed by atoms with Gasteiger partial charge in [-0.25, -0.2) is 0 Å². The smallest absolute Gasteiger partial charge is 0.179 e. The number of aliphatic hydroxyl groups excluding tert-OH is 6. The van der Waals surface area contributed by atoms with Gasteiger partial charge in [-0.15, -0.1) is 0 Å². The Labute approximate surface area is 500 Å². The zero-order valence-corrected chi connectivity index (χ0v) is 42.2. The molecule has 6 rings (SSSR count). The molecule has 0 spiro atoms. The molecule has 0 aliphatic carbocycles. The van der Waals surface area contributed by atoms with Crippen LogP contribution < -0.4 is 0 Å². The zero-order valence-electron chi connectivity index (χ0n) is 34.1. The molecule has 0 heterocycles. The molecular weight excluding hydrogens is 1470 g/mol. The Morgan fingerprint density at radius 2 is 0.288 bits per heavy atom. The van der Waals surface area contributed by atoms with Crippen LogP contribution in [-0.4, -0.2) is 94.1 Å². The molecule has 66 heavy (non-hydrogen) atoms. The van der Waals surface area contributed by atoms with Crippen molar-refractivity contribution in [2.75, 3.05) is 0 Å². The van der Waals surface area contributed by atoms with Gasteiger partial charge in [0.15, 0.2) is 37.7 Å². The fourth-order valence-electron chi connectivity index (χ4n) is 5.80. The third-order valence-corrected chi connectivity index (χ3v) is 8.30. The van der Waals surface area contributed by atoms with Crippen molar-refractivity contribution in [3.8, 4) is 33.4 Å². The van der Waals surface area contributed by atoms with E-state index in [0.29, 0.717) is 66.8 Å². The van der Waals surface area contributed by atoms with Gasteiger partial charge in [0.2, 0.25) is 0 Å². The Morgan fingerprint density at radius 1 is 0.197 bits per heavy atom. The average molecular weight is 1530 g/mol. The summed E-state index contributed by atoms with van der Waals surface area (Å²) >= 11 is 0. The van der Waals surface area contributed by atoms with Gasteiger partial charge in [-0.1, -0.05) is 146 Å². The van der Waals surface area contributed by atoms with Gasteiger partial charge >= 0.3 is 0 Å². The Bertz CT molecular complexity index is 1730. The SMILES string of the molecule is O.O.O.O.O.O.OC(O)c1ccccc1-c1ccccc1C(O)O.OC(O)c1ccccc1-c1ccccc1C(O)O.OC(O)c1ccccc1-c1ccccc1C(O)O.[Dy].[Dy].[Dy].[Dy].[OH3+].[OH3+]. The quantitative estimate of drug-likeness (QED) is 0.0515. The van der Waals surface area contributed by atoms with E-state index in [9.17, 15) is 61.3 Å². The topological polar surface area (TPSA) is 498 Å². The second kappa shape index (κ2) is 43.4. The first-order chi connectivity index (χ1) is 25.8. The van der Waals surface area contributed by atoms with Crippen molar-refractivity contribution in [2.45, 2.75) is 37.7 Å². The number of aliphatic hydroxyl groups is 12. The van der Waals surface area contributed by atoms with E-state index in [2.05, 4.69) is 0 Å². The summed E-state index contributed by atoms with van der Waals surface area (Å²) in [5, 5.41) is 112. The molecule has 0 bridgehead atoms. The summed E-state index contributed by atoms with van der Waals surface area (Å²) in [4.78, 5) is 0. The van der Waals surface area contributed by atoms with Crippen molar-refractivity contribution in [1.82, 2.24) is 0 Å². The molecule has 0 saturated carbocycles. The van der Waals surface area contributed by atoms with E-state index in [1.54, 1.807) is 146 Å². The number of rotatable bonds is 9. The first-order valence-electron chi connectivity index (χ1n) is 16.5. The Kier molecular flexibility index (Phi) is 56.2. The van der Waals surface area contributed by atoms with Crippen molar-refractivity contribution in [3.63, 3.8) is 0 Å². The first kappa shape index (κ1) is 85.5. The molecule has 6 aromatic rings. The Balaban J connectivity index is -0.0000000967. The van der Waals surface area contributed by atoms with E-state index < -0.39 is 37.7 Å². The predicted molar refractivity (Wildman–Crippen MR) is 230 cm³/mol. The fraction of sp³-hybridized carbons (Fsp3) is 0.143. The van der Waals surface area contributed by atoms with Gasteiger partial charge in [-0.2, -0.15) is 0 Å². The third-order valence-electron chi connectivity index (χ3n) is 8.30. The number of hydrogen-bond donors (Lipinski definition) is 12. The van der Waals surface area contributed by atoms with Crippen molar-refractivity contribution < 1.29 is 258 Å². The Morgan fingerprint density at radius 3 is 0.379 bits per heavy atom. The van der Waals surface area contributed by atoms with Gasteiger partial charge in [0.25, 0.3) is 0 Å². The summed E-state index contributed by atoms with van der Waals surface area (Å²) < 4.78 is 0. The molecule has 30 N–H and O–H groups in total. The van der Waals surface area contributed by atoms with E-state index in [4.69, 9.17) is 0 Å². The van der Waals surface area contributed by atoms with E-state index in [0.717, 1.165) is 0 Å². The molecule has 0 radical (unpaired) electrons. The molecule has 0 atom stereocenters. The number of hydrogen-bond acceptors (Lipinski definition) is 12. The van der Waals surface area contributed by atoms with E-state index in [1.807, 2.05) is 0 Å². The van der Waals surface area contributed by atoms with Crippen LogP contribution in [0.2, 0.25) is 0 Å². The normalized spacial score (nSPS) is 9.18. The molecule has 6 aromatic carbocycles. The molecule has 0 amide bonds. The summed E-state index contributed by atoms with van der Waals surface area (Å²) in [6, 6.07) is 40.4. The molecule has 0 aliphatic heterocycles. The largest absolute Gasteiger partial charge is 0.457 e. The van der Waals surface area contributed by atoms with Gasteiger partial charge in [0.05, 0.1) is 0 Å². The minimum Gasteiger partial charge on any atom is -0.457 e. The standard InChI is InChI=1S/3C14H14O4.4Dy.8H2O/c3*15-13(16)11-7-3-1-5-9(11)10-6-2-4-8-12(10)14(17)18;;;;;;;;;;;;/h3*1-8,13-18H;;;;;8*1H2/p+2. The number of benzene rings is 6. The van der Waals surface area contributed by atoms with Crippen molar-refractivity contribution in [1.29, 1.82) is 0 Å². The molecule has 24 heteroatoms. The summed E-state index contributed by atoms with van der Waals surface area (Å²) in [6.07, 6.45) is -9.64. The van der Waals surface area contributed by atoms with Crippen LogP contribution in [0.4, 0.5) is 0 Å². The van der Waals surface area contributed by atoms with Crippen LogP contribution in [0.3, 0.4) is 0 Å². The summed E-state index contributed by atoms with van der Waals surface area (Å²) in [5.41, 5.74) is 5.34. The summed E-state index contributed by atoms with van der Waals surface area (Å²) in [6.45, 7) is 0. The minimum atomic E-state index is -1.61. The molecule has 0 aromatic heterocycles. The second-order valence-corrected chi connectivity index (χ2v) is 11.8. The molecular formula is C42H60Dy4O20+2. The molecule has 0 unspecified atom stereocenters. The van der Waals surface area contributed by atoms with Crippen LogP contribution in [-0.2, 0) is 11.0 Å². The second-order valence-electron chi connectivity index (χ2n) is 11.8. The van der Waals surface area contributed by atoms with Crippen LogP contribution in [0.25, 0.3) is 33.4 Å². The van der Waals surface area contributed by atoms with E-state index in [-0.39, 0.29) is 197 Å². The molecule has 20 nitrogen and oxygen atoms in total. The van der Waals surface area contributed by atoms with Crippen LogP contribution in [0.1, 0.15) is 71.1 Å². The van der Waals surface area contributed by atoms with Crippen molar-refractivity contribution in [3.05, 3.63) is 179 Å². The van der Waals surface area contributed by atoms with Crippen LogP contribution >= 0.6 is 0 Å². The monoisotopic (exact) mass is 1540 g/mol. The molecule has 386 valence electrons.